The maximum Gasteiger partial charge on any atom is 0.123 e. The Labute approximate surface area is 205 Å². The van der Waals surface area contributed by atoms with E-state index in [1.807, 2.05) is 6.07 Å². The quantitative estimate of drug-likeness (QED) is 0.211. The second-order valence-electron chi connectivity index (χ2n) is 9.91. The van der Waals surface area contributed by atoms with E-state index >= 15 is 0 Å². The van der Waals surface area contributed by atoms with E-state index in [9.17, 15) is 5.11 Å². The van der Waals surface area contributed by atoms with Gasteiger partial charge in [0.05, 0.1) is 0 Å². The number of phenolic OH excluding ortho intramolecular Hbond substituents is 1. The van der Waals surface area contributed by atoms with Gasteiger partial charge in [-0.25, -0.2) is 0 Å². The SMILES string of the molecule is CCCCCCCCCCc1ccc(O)c(-c2ccccc2)c1CCCCCCCCCC. The van der Waals surface area contributed by atoms with E-state index in [4.69, 9.17) is 0 Å². The summed E-state index contributed by atoms with van der Waals surface area (Å²) in [4.78, 5) is 0. The van der Waals surface area contributed by atoms with E-state index in [2.05, 4.69) is 50.2 Å². The number of hydrogen-bond donors (Lipinski definition) is 1. The minimum Gasteiger partial charge on any atom is -0.507 e. The second-order valence-corrected chi connectivity index (χ2v) is 9.91. The summed E-state index contributed by atoms with van der Waals surface area (Å²) >= 11 is 0. The van der Waals surface area contributed by atoms with Crippen molar-refractivity contribution in [2.24, 2.45) is 0 Å². The third-order valence-corrected chi connectivity index (χ3v) is 7.03. The van der Waals surface area contributed by atoms with Crippen LogP contribution in [0.4, 0.5) is 0 Å². The van der Waals surface area contributed by atoms with E-state index in [0.29, 0.717) is 5.75 Å². The van der Waals surface area contributed by atoms with Gasteiger partial charge in [-0.3, -0.25) is 0 Å². The number of benzene rings is 2. The van der Waals surface area contributed by atoms with Gasteiger partial charge in [0.15, 0.2) is 0 Å². The molecule has 0 aliphatic rings. The highest BCUT2D eigenvalue weighted by atomic mass is 16.3. The molecular formula is C32H50O. The van der Waals surface area contributed by atoms with Crippen LogP contribution in [-0.4, -0.2) is 5.11 Å². The van der Waals surface area contributed by atoms with Crippen molar-refractivity contribution in [2.75, 3.05) is 0 Å². The maximum atomic E-state index is 10.8. The highest BCUT2D eigenvalue weighted by Crippen LogP contribution is 2.36. The zero-order valence-corrected chi connectivity index (χ0v) is 21.7. The van der Waals surface area contributed by atoms with Crippen LogP contribution in [0.2, 0.25) is 0 Å². The third-order valence-electron chi connectivity index (χ3n) is 7.03. The van der Waals surface area contributed by atoms with Gasteiger partial charge >= 0.3 is 0 Å². The molecule has 0 aromatic heterocycles. The highest BCUT2D eigenvalue weighted by molar-refractivity contribution is 5.75. The Morgan fingerprint density at radius 2 is 1.00 bits per heavy atom. The lowest BCUT2D eigenvalue weighted by molar-refractivity contribution is 0.476. The lowest BCUT2D eigenvalue weighted by Crippen LogP contribution is -2.00. The second kappa shape index (κ2) is 17.7. The molecule has 0 radical (unpaired) electrons. The van der Waals surface area contributed by atoms with E-state index in [1.165, 1.54) is 114 Å². The zero-order chi connectivity index (χ0) is 23.6. The molecule has 2 aromatic carbocycles. The van der Waals surface area contributed by atoms with Crippen LogP contribution >= 0.6 is 0 Å². The topological polar surface area (TPSA) is 20.2 Å². The monoisotopic (exact) mass is 450 g/mol. The van der Waals surface area contributed by atoms with E-state index < -0.39 is 0 Å². The molecule has 0 saturated carbocycles. The summed E-state index contributed by atoms with van der Waals surface area (Å²) in [6.45, 7) is 4.57. The minimum atomic E-state index is 0.440. The number of unbranched alkanes of at least 4 members (excludes halogenated alkanes) is 14. The van der Waals surface area contributed by atoms with Crippen LogP contribution in [0.25, 0.3) is 11.1 Å². The average molecular weight is 451 g/mol. The summed E-state index contributed by atoms with van der Waals surface area (Å²) in [6, 6.07) is 14.6. The van der Waals surface area contributed by atoms with Gasteiger partial charge in [-0.2, -0.15) is 0 Å². The predicted octanol–water partition coefficient (Wildman–Crippen LogP) is 10.4. The van der Waals surface area contributed by atoms with Crippen molar-refractivity contribution in [3.63, 3.8) is 0 Å². The summed E-state index contributed by atoms with van der Waals surface area (Å²) in [7, 11) is 0. The van der Waals surface area contributed by atoms with Crippen molar-refractivity contribution in [1.29, 1.82) is 0 Å². The Kier molecular flexibility index (Phi) is 14.7. The molecule has 0 unspecified atom stereocenters. The van der Waals surface area contributed by atoms with Crippen LogP contribution in [0, 0.1) is 0 Å². The van der Waals surface area contributed by atoms with Crippen LogP contribution in [0.3, 0.4) is 0 Å². The molecule has 2 rings (SSSR count). The first-order chi connectivity index (χ1) is 16.3. The number of phenols is 1. The van der Waals surface area contributed by atoms with Gasteiger partial charge in [-0.1, -0.05) is 140 Å². The fourth-order valence-corrected chi connectivity index (χ4v) is 5.01. The molecule has 0 saturated heterocycles. The minimum absolute atomic E-state index is 0.440. The van der Waals surface area contributed by atoms with Gasteiger partial charge < -0.3 is 5.11 Å². The van der Waals surface area contributed by atoms with Crippen LogP contribution in [-0.2, 0) is 12.8 Å². The van der Waals surface area contributed by atoms with Crippen molar-refractivity contribution >= 4 is 0 Å². The molecule has 0 heterocycles. The lowest BCUT2D eigenvalue weighted by Gasteiger charge is -2.17. The lowest BCUT2D eigenvalue weighted by atomic mass is 9.88. The van der Waals surface area contributed by atoms with E-state index in [0.717, 1.165) is 24.0 Å². The zero-order valence-electron chi connectivity index (χ0n) is 21.7. The molecule has 184 valence electrons. The van der Waals surface area contributed by atoms with Crippen molar-refractivity contribution < 1.29 is 5.11 Å². The van der Waals surface area contributed by atoms with Gasteiger partial charge in [-0.05, 0) is 48.4 Å². The molecule has 1 nitrogen and oxygen atoms in total. The molecule has 0 amide bonds. The van der Waals surface area contributed by atoms with Crippen molar-refractivity contribution in [1.82, 2.24) is 0 Å². The summed E-state index contributed by atoms with van der Waals surface area (Å²) < 4.78 is 0. The normalized spacial score (nSPS) is 11.2. The molecule has 1 N–H and O–H groups in total. The fraction of sp³-hybridized carbons (Fsp3) is 0.625. The van der Waals surface area contributed by atoms with Gasteiger partial charge in [0.1, 0.15) is 5.75 Å². The fourth-order valence-electron chi connectivity index (χ4n) is 5.01. The van der Waals surface area contributed by atoms with Crippen molar-refractivity contribution in [3.05, 3.63) is 53.6 Å². The third kappa shape index (κ3) is 10.8. The van der Waals surface area contributed by atoms with Crippen molar-refractivity contribution in [3.8, 4) is 16.9 Å². The Morgan fingerprint density at radius 1 is 0.515 bits per heavy atom. The highest BCUT2D eigenvalue weighted by Gasteiger charge is 2.14. The molecule has 0 fully saturated rings. The number of rotatable bonds is 19. The molecule has 2 aromatic rings. The van der Waals surface area contributed by atoms with Gasteiger partial charge in [0.25, 0.3) is 0 Å². The summed E-state index contributed by atoms with van der Waals surface area (Å²) in [5, 5.41) is 10.8. The standard InChI is InChI=1S/C32H50O/c1-3-5-7-9-11-13-15-18-22-28-26-27-31(33)32(29-23-19-17-20-24-29)30(28)25-21-16-14-12-10-8-6-4-2/h17,19-20,23-24,26-27,33H,3-16,18,21-22,25H2,1-2H3. The number of aromatic hydroxyl groups is 1. The Morgan fingerprint density at radius 3 is 1.55 bits per heavy atom. The first-order valence-corrected chi connectivity index (χ1v) is 14.2. The summed E-state index contributed by atoms with van der Waals surface area (Å²) in [5.74, 6) is 0.440. The number of hydrogen-bond acceptors (Lipinski definition) is 1. The molecule has 0 atom stereocenters. The first kappa shape index (κ1) is 27.5. The van der Waals surface area contributed by atoms with Gasteiger partial charge in [0, 0.05) is 5.56 Å². The molecule has 0 spiro atoms. The number of aryl methyl sites for hydroxylation is 1. The van der Waals surface area contributed by atoms with Crippen LogP contribution in [0.5, 0.6) is 5.75 Å². The molecule has 1 heteroatoms. The average Bonchev–Trinajstić information content (AvgIpc) is 2.84. The predicted molar refractivity (Wildman–Crippen MR) is 146 cm³/mol. The van der Waals surface area contributed by atoms with Gasteiger partial charge in [-0.15, -0.1) is 0 Å². The summed E-state index contributed by atoms with van der Waals surface area (Å²) in [5.41, 5.74) is 5.09. The van der Waals surface area contributed by atoms with Crippen molar-refractivity contribution in [2.45, 2.75) is 129 Å². The molecular weight excluding hydrogens is 400 g/mol. The van der Waals surface area contributed by atoms with Gasteiger partial charge in [0.2, 0.25) is 0 Å². The Bertz CT molecular complexity index is 734. The van der Waals surface area contributed by atoms with E-state index in [1.54, 1.807) is 0 Å². The molecule has 0 aliphatic carbocycles. The molecule has 33 heavy (non-hydrogen) atoms. The summed E-state index contributed by atoms with van der Waals surface area (Å²) in [6.07, 6.45) is 23.8. The van der Waals surface area contributed by atoms with E-state index in [-0.39, 0.29) is 0 Å². The van der Waals surface area contributed by atoms with Crippen LogP contribution in [0.15, 0.2) is 42.5 Å². The first-order valence-electron chi connectivity index (χ1n) is 14.2. The molecule has 0 bridgehead atoms. The van der Waals surface area contributed by atoms with Crippen LogP contribution in [0.1, 0.15) is 128 Å². The van der Waals surface area contributed by atoms with Crippen LogP contribution < -0.4 is 0 Å². The largest absolute Gasteiger partial charge is 0.507 e. The smallest absolute Gasteiger partial charge is 0.123 e. The Hall–Kier alpha value is -1.76. The molecule has 0 aliphatic heterocycles. The Balaban J connectivity index is 1.95. The maximum absolute atomic E-state index is 10.8.